The second-order valence-electron chi connectivity index (χ2n) is 6.00. The number of likely N-dealkylation sites (N-methyl/N-ethyl adjacent to an activating group) is 1. The molecular weight excluding hydrogens is 302 g/mol. The Morgan fingerprint density at radius 3 is 2.42 bits per heavy atom. The van der Waals surface area contributed by atoms with Gasteiger partial charge in [-0.2, -0.15) is 0 Å². The van der Waals surface area contributed by atoms with E-state index in [1.54, 1.807) is 25.2 Å². The average molecular weight is 338 g/mol. The number of aliphatic hydroxyl groups is 1. The van der Waals surface area contributed by atoms with Crippen molar-refractivity contribution in [3.8, 4) is 0 Å². The van der Waals surface area contributed by atoms with Gasteiger partial charge in [0.1, 0.15) is 0 Å². The lowest BCUT2D eigenvalue weighted by Crippen LogP contribution is -2.40. The quantitative estimate of drug-likeness (QED) is 0.275. The van der Waals surface area contributed by atoms with Gasteiger partial charge in [-0.1, -0.05) is 38.3 Å². The fraction of sp³-hybridized carbons (Fsp3) is 0.632. The number of aliphatic hydroxyl groups excluding tert-OH is 1. The maximum atomic E-state index is 10.1. The molecule has 138 valence electrons. The van der Waals surface area contributed by atoms with E-state index in [0.29, 0.717) is 5.76 Å². The molecule has 1 aliphatic carbocycles. The fourth-order valence-corrected chi connectivity index (χ4v) is 2.70. The van der Waals surface area contributed by atoms with E-state index in [2.05, 4.69) is 17.1 Å². The summed E-state index contributed by atoms with van der Waals surface area (Å²) < 4.78 is 0. The van der Waals surface area contributed by atoms with E-state index in [9.17, 15) is 4.79 Å². The largest absolute Gasteiger partial charge is 0.512 e. The molecule has 1 fully saturated rings. The van der Waals surface area contributed by atoms with Gasteiger partial charge in [0, 0.05) is 19.1 Å². The van der Waals surface area contributed by atoms with Gasteiger partial charge in [0.05, 0.1) is 5.76 Å². The number of hydrogen-bond donors (Lipinski definition) is 3. The van der Waals surface area contributed by atoms with Crippen molar-refractivity contribution in [3.63, 3.8) is 0 Å². The summed E-state index contributed by atoms with van der Waals surface area (Å²) in [6, 6.07) is 0.766. The molecule has 1 aliphatic rings. The molecule has 0 bridgehead atoms. The highest BCUT2D eigenvalue weighted by atomic mass is 16.3. The van der Waals surface area contributed by atoms with Crippen LogP contribution < -0.4 is 11.1 Å². The molecule has 0 aromatic heterocycles. The molecule has 1 saturated carbocycles. The van der Waals surface area contributed by atoms with Gasteiger partial charge in [-0.25, -0.2) is 0 Å². The zero-order valence-corrected chi connectivity index (χ0v) is 15.5. The second-order valence-corrected chi connectivity index (χ2v) is 6.00. The maximum Gasteiger partial charge on any atom is 0.207 e. The minimum Gasteiger partial charge on any atom is -0.512 e. The lowest BCUT2D eigenvalue weighted by Gasteiger charge is -2.33. The molecule has 4 N–H and O–H groups in total. The Morgan fingerprint density at radius 1 is 1.25 bits per heavy atom. The third-order valence-electron chi connectivity index (χ3n) is 4.26. The van der Waals surface area contributed by atoms with Crippen LogP contribution in [0.4, 0.5) is 0 Å². The summed E-state index contributed by atoms with van der Waals surface area (Å²) in [6.07, 6.45) is 14.3. The van der Waals surface area contributed by atoms with Crippen LogP contribution in [0.2, 0.25) is 0 Å². The predicted octanol–water partition coefficient (Wildman–Crippen LogP) is 3.25. The number of nitrogens with two attached hydrogens (primary N) is 1. The first-order chi connectivity index (χ1) is 11.6. The molecule has 0 saturated heterocycles. The Hall–Kier alpha value is -1.75. The predicted molar refractivity (Wildman–Crippen MR) is 102 cm³/mol. The number of allylic oxidation sites excluding steroid dienone is 5. The standard InChI is InChI=1S/C11H22N2O.C8H13NO/c1-2-13(9-8-12-10-14)11-6-4-3-5-7-11;1-7(8(2)10)5-3-4-6-9/h10-11H,2-9H2,1H3,(H,12,14);3-6,10H,9H2,1-2H3/b;5-3-,6-4+,8-7+. The molecule has 0 aromatic rings. The highest BCUT2D eigenvalue weighted by molar-refractivity contribution is 5.45. The third kappa shape index (κ3) is 10.9. The van der Waals surface area contributed by atoms with Gasteiger partial charge in [-0.05, 0) is 51.1 Å². The highest BCUT2D eigenvalue weighted by Crippen LogP contribution is 2.21. The molecule has 0 heterocycles. The van der Waals surface area contributed by atoms with Gasteiger partial charge in [-0.15, -0.1) is 0 Å². The van der Waals surface area contributed by atoms with Gasteiger partial charge in [0.25, 0.3) is 0 Å². The van der Waals surface area contributed by atoms with Crippen LogP contribution in [0.3, 0.4) is 0 Å². The number of nitrogens with zero attached hydrogens (tertiary/aromatic N) is 1. The number of hydrogen-bond acceptors (Lipinski definition) is 4. The fourth-order valence-electron chi connectivity index (χ4n) is 2.70. The number of carbonyl (C=O) groups is 1. The summed E-state index contributed by atoms with van der Waals surface area (Å²) >= 11 is 0. The Morgan fingerprint density at radius 2 is 1.92 bits per heavy atom. The van der Waals surface area contributed by atoms with Crippen LogP contribution in [-0.4, -0.2) is 42.1 Å². The normalized spacial score (nSPS) is 16.8. The monoisotopic (exact) mass is 337 g/mol. The molecule has 24 heavy (non-hydrogen) atoms. The summed E-state index contributed by atoms with van der Waals surface area (Å²) in [7, 11) is 0. The van der Waals surface area contributed by atoms with E-state index >= 15 is 0 Å². The van der Waals surface area contributed by atoms with Crippen LogP contribution in [-0.2, 0) is 4.79 Å². The number of carbonyl (C=O) groups excluding carboxylic acids is 1. The Labute approximate surface area is 147 Å². The van der Waals surface area contributed by atoms with Crippen molar-refractivity contribution in [1.82, 2.24) is 10.2 Å². The highest BCUT2D eigenvalue weighted by Gasteiger charge is 2.18. The molecule has 0 spiro atoms. The smallest absolute Gasteiger partial charge is 0.207 e. The lowest BCUT2D eigenvalue weighted by atomic mass is 9.94. The van der Waals surface area contributed by atoms with E-state index in [-0.39, 0.29) is 0 Å². The molecule has 1 amide bonds. The van der Waals surface area contributed by atoms with E-state index in [0.717, 1.165) is 37.7 Å². The molecule has 0 aromatic carbocycles. The second kappa shape index (κ2) is 14.8. The summed E-state index contributed by atoms with van der Waals surface area (Å²) in [5.74, 6) is 0.335. The van der Waals surface area contributed by atoms with Gasteiger partial charge in [0.2, 0.25) is 6.41 Å². The summed E-state index contributed by atoms with van der Waals surface area (Å²) in [6.45, 7) is 8.57. The van der Waals surface area contributed by atoms with Crippen LogP contribution in [0.1, 0.15) is 52.9 Å². The van der Waals surface area contributed by atoms with Gasteiger partial charge < -0.3 is 16.2 Å². The maximum absolute atomic E-state index is 10.1. The number of nitrogens with one attached hydrogen (secondary N) is 1. The van der Waals surface area contributed by atoms with Crippen LogP contribution in [0, 0.1) is 0 Å². The van der Waals surface area contributed by atoms with Crippen molar-refractivity contribution in [1.29, 1.82) is 0 Å². The Kier molecular flexibility index (Phi) is 13.7. The average Bonchev–Trinajstić information content (AvgIpc) is 2.60. The van der Waals surface area contributed by atoms with Crippen molar-refractivity contribution >= 4 is 6.41 Å². The molecule has 5 nitrogen and oxygen atoms in total. The van der Waals surface area contributed by atoms with Crippen LogP contribution in [0.25, 0.3) is 0 Å². The van der Waals surface area contributed by atoms with Gasteiger partial charge in [0.15, 0.2) is 0 Å². The van der Waals surface area contributed by atoms with Gasteiger partial charge >= 0.3 is 0 Å². The summed E-state index contributed by atoms with van der Waals surface area (Å²) in [4.78, 5) is 12.6. The van der Waals surface area contributed by atoms with E-state index in [1.165, 1.54) is 38.3 Å². The number of amides is 1. The van der Waals surface area contributed by atoms with Crippen molar-refractivity contribution in [3.05, 3.63) is 35.8 Å². The van der Waals surface area contributed by atoms with E-state index in [1.807, 2.05) is 6.92 Å². The van der Waals surface area contributed by atoms with Crippen LogP contribution in [0.15, 0.2) is 35.8 Å². The van der Waals surface area contributed by atoms with Crippen molar-refractivity contribution in [2.45, 2.75) is 58.9 Å². The lowest BCUT2D eigenvalue weighted by molar-refractivity contribution is -0.109. The SMILES string of the molecule is CCN(CCNC=O)C1CCCCC1.C\C(O)=C(C)/C=C\C=C\N. The first-order valence-electron chi connectivity index (χ1n) is 8.89. The van der Waals surface area contributed by atoms with Crippen LogP contribution >= 0.6 is 0 Å². The minimum absolute atomic E-state index is 0.335. The zero-order chi connectivity index (χ0) is 18.2. The van der Waals surface area contributed by atoms with E-state index in [4.69, 9.17) is 10.8 Å². The minimum atomic E-state index is 0.335. The summed E-state index contributed by atoms with van der Waals surface area (Å²) in [5.41, 5.74) is 5.93. The van der Waals surface area contributed by atoms with Gasteiger partial charge in [-0.3, -0.25) is 9.69 Å². The Bertz CT molecular complexity index is 407. The van der Waals surface area contributed by atoms with Crippen molar-refractivity contribution in [2.24, 2.45) is 5.73 Å². The first-order valence-corrected chi connectivity index (χ1v) is 8.89. The molecule has 0 unspecified atom stereocenters. The molecule has 1 rings (SSSR count). The van der Waals surface area contributed by atoms with Crippen LogP contribution in [0.5, 0.6) is 0 Å². The Balaban J connectivity index is 0.000000470. The van der Waals surface area contributed by atoms with Crippen molar-refractivity contribution < 1.29 is 9.90 Å². The molecule has 0 radical (unpaired) electrons. The number of rotatable bonds is 8. The summed E-state index contributed by atoms with van der Waals surface area (Å²) in [5, 5.41) is 11.6. The van der Waals surface area contributed by atoms with Crippen molar-refractivity contribution in [2.75, 3.05) is 19.6 Å². The first kappa shape index (κ1) is 22.2. The molecule has 0 atom stereocenters. The molecule has 5 heteroatoms. The van der Waals surface area contributed by atoms with E-state index < -0.39 is 0 Å². The topological polar surface area (TPSA) is 78.6 Å². The molecular formula is C19H35N3O2. The molecule has 0 aliphatic heterocycles. The zero-order valence-electron chi connectivity index (χ0n) is 15.5. The third-order valence-corrected chi connectivity index (χ3v) is 4.26.